The number of halogens is 7. The SMILES string of the molecule is CCl.COCCN.COCCNP1(NCCOC)=NP(NCCOC)(NCCOC)=NP(NCCOC)(NCCOC)=N1.ClP1(Cl)=NP(Cl)(Cl)=NP(Cl)(Cl)=N1. The van der Waals surface area contributed by atoms with Gasteiger partial charge >= 0.3 is 0 Å². The van der Waals surface area contributed by atoms with E-state index in [2.05, 4.69) is 60.4 Å². The van der Waals surface area contributed by atoms with Gasteiger partial charge in [0.1, 0.15) is 0 Å². The Bertz CT molecular complexity index is 1130. The van der Waals surface area contributed by atoms with Gasteiger partial charge in [-0.05, 0) is 67.4 Å². The van der Waals surface area contributed by atoms with Crippen molar-refractivity contribution in [3.63, 3.8) is 0 Å². The number of alkyl halides is 1. The largest absolute Gasteiger partial charge is 0.383 e. The predicted molar refractivity (Wildman–Crippen MR) is 243 cm³/mol. The lowest BCUT2D eigenvalue weighted by Gasteiger charge is -2.37. The number of rotatable bonds is 26. The van der Waals surface area contributed by atoms with E-state index in [4.69, 9.17) is 115 Å². The van der Waals surface area contributed by atoms with E-state index in [1.165, 1.54) is 6.38 Å². The topological polar surface area (TPSA) is 237 Å². The quantitative estimate of drug-likeness (QED) is 0.0243. The van der Waals surface area contributed by atoms with Crippen LogP contribution in [0.4, 0.5) is 0 Å². The average Bonchev–Trinajstić information content (AvgIpc) is 3.09. The number of nitrogens with two attached hydrogens (primary N) is 1. The molecule has 55 heavy (non-hydrogen) atoms. The molecule has 2 aliphatic heterocycles. The first-order valence-electron chi connectivity index (χ1n) is 16.0. The van der Waals surface area contributed by atoms with E-state index in [1.54, 1.807) is 49.8 Å². The van der Waals surface area contributed by atoms with Crippen LogP contribution in [0, 0.1) is 0 Å². The zero-order valence-corrected chi connectivity index (χ0v) is 43.0. The highest BCUT2D eigenvalue weighted by Crippen LogP contribution is 2.87. The Hall–Kier alpha value is 2.85. The number of nitrogens with zero attached hydrogens (tertiary/aromatic N) is 6. The van der Waals surface area contributed by atoms with Crippen molar-refractivity contribution < 1.29 is 33.2 Å². The fraction of sp³-hybridized carbons (Fsp3) is 1.00. The van der Waals surface area contributed by atoms with Gasteiger partial charge < -0.3 is 38.9 Å². The minimum absolute atomic E-state index is 0.509. The second kappa shape index (κ2) is 34.3. The summed E-state index contributed by atoms with van der Waals surface area (Å²) in [4.78, 5) is 0. The Labute approximate surface area is 361 Å². The van der Waals surface area contributed by atoms with Gasteiger partial charge in [-0.25, -0.2) is 0 Å². The molecule has 0 bridgehead atoms. The fourth-order valence-corrected chi connectivity index (χ4v) is 34.0. The summed E-state index contributed by atoms with van der Waals surface area (Å²) in [5.74, 6) is -8.72. The molecule has 8 N–H and O–H groups in total. The summed E-state index contributed by atoms with van der Waals surface area (Å²) in [5.41, 5.74) is 5.01. The van der Waals surface area contributed by atoms with Crippen molar-refractivity contribution in [1.82, 2.24) is 30.5 Å². The minimum Gasteiger partial charge on any atom is -0.383 e. The van der Waals surface area contributed by atoms with Crippen molar-refractivity contribution in [3.8, 4) is 0 Å². The van der Waals surface area contributed by atoms with Crippen LogP contribution in [0.1, 0.15) is 0 Å². The van der Waals surface area contributed by atoms with Gasteiger partial charge in [0.25, 0.3) is 17.7 Å². The zero-order valence-electron chi connectivity index (χ0n) is 32.3. The summed E-state index contributed by atoms with van der Waals surface area (Å²) in [6, 6.07) is 0. The van der Waals surface area contributed by atoms with Crippen molar-refractivity contribution in [2.24, 2.45) is 32.8 Å². The van der Waals surface area contributed by atoms with Gasteiger partial charge in [0, 0.05) is 102 Å². The molecule has 33 heteroatoms. The third-order valence-electron chi connectivity index (χ3n) is 5.58. The number of nitrogens with one attached hydrogen (secondary N) is 6. The molecule has 2 heterocycles. The standard InChI is InChI=1S/C18H48N9O6P3.C3H9NO.CH3Cl.Cl6N3P3/c1-28-13-7-19-34(20-8-14-29-2)25-35(21-9-15-30-3,22-10-16-31-4)27-36(26-34,23-11-17-32-5)24-12-18-33-6;1-5-3-2-4;1-2;1-10(2)7-11(3,4)9-12(5,6)8-10/h19-24H,7-18H2,1-6H3;2-4H2,1H3;1H3;. The molecule has 0 aromatic carbocycles. The van der Waals surface area contributed by atoms with Crippen LogP contribution >= 0.6 is 119 Å². The lowest BCUT2D eigenvalue weighted by Crippen LogP contribution is -2.34. The Morgan fingerprint density at radius 3 is 0.673 bits per heavy atom. The Balaban J connectivity index is 0. The number of hydrogen-bond acceptors (Lipinski definition) is 20. The Morgan fingerprint density at radius 1 is 0.364 bits per heavy atom. The maximum atomic E-state index is 5.64. The lowest BCUT2D eigenvalue weighted by molar-refractivity contribution is 0.202. The lowest BCUT2D eigenvalue weighted by atomic mass is 10.7. The summed E-state index contributed by atoms with van der Waals surface area (Å²) in [7, 11) is 3.52. The van der Waals surface area contributed by atoms with E-state index in [-0.39, 0.29) is 0 Å². The summed E-state index contributed by atoms with van der Waals surface area (Å²) in [6.45, 7) is 7.70. The Kier molecular flexibility index (Phi) is 37.4. The molecule has 0 radical (unpaired) electrons. The number of ether oxygens (including phenoxy) is 7. The maximum Gasteiger partial charge on any atom is 0.257 e. The van der Waals surface area contributed by atoms with Crippen molar-refractivity contribution >= 4 is 119 Å². The highest BCUT2D eigenvalue weighted by molar-refractivity contribution is 8.26. The molecule has 0 spiro atoms. The molecule has 2 aliphatic rings. The number of hydrogen-bond donors (Lipinski definition) is 7. The average molecular weight is 1050 g/mol. The van der Waals surface area contributed by atoms with E-state index in [1.807, 2.05) is 0 Å². The van der Waals surface area contributed by atoms with Gasteiger partial charge in [0.2, 0.25) is 22.5 Å². The van der Waals surface area contributed by atoms with Gasteiger partial charge in [-0.3, -0.25) is 30.5 Å². The third kappa shape index (κ3) is 29.0. The van der Waals surface area contributed by atoms with Gasteiger partial charge in [0.15, 0.2) is 0 Å². The molecular weight excluding hydrogens is 992 g/mol. The highest BCUT2D eigenvalue weighted by atomic mass is 35.9. The highest BCUT2D eigenvalue weighted by Gasteiger charge is 2.37. The van der Waals surface area contributed by atoms with Crippen LogP contribution in [0.25, 0.3) is 0 Å². The summed E-state index contributed by atoms with van der Waals surface area (Å²) >= 11 is 38.5. The Morgan fingerprint density at radius 2 is 0.545 bits per heavy atom. The van der Waals surface area contributed by atoms with Crippen molar-refractivity contribution in [3.05, 3.63) is 0 Å². The van der Waals surface area contributed by atoms with Gasteiger partial charge in [-0.15, -0.1) is 11.6 Å². The zero-order chi connectivity index (χ0) is 42.3. The molecule has 2 rings (SSSR count). The third-order valence-corrected chi connectivity index (χ3v) is 28.2. The van der Waals surface area contributed by atoms with Crippen LogP contribution in [-0.2, 0) is 33.2 Å². The molecule has 0 fully saturated rings. The van der Waals surface area contributed by atoms with E-state index in [0.29, 0.717) is 92.1 Å². The van der Waals surface area contributed by atoms with Crippen molar-refractivity contribution in [2.45, 2.75) is 0 Å². The molecule has 0 saturated carbocycles. The van der Waals surface area contributed by atoms with Crippen LogP contribution in [0.2, 0.25) is 0 Å². The molecule has 0 aliphatic carbocycles. The molecule has 334 valence electrons. The predicted octanol–water partition coefficient (Wildman–Crippen LogP) is 8.97. The first kappa shape index (κ1) is 59.9. The van der Waals surface area contributed by atoms with Crippen LogP contribution in [0.15, 0.2) is 27.1 Å². The molecular formula is C22H60Cl7N13O7P6. The molecule has 0 atom stereocenters. The minimum atomic E-state index is -2.91. The molecule has 0 aromatic heterocycles. The van der Waals surface area contributed by atoms with Crippen LogP contribution < -0.4 is 36.3 Å². The molecule has 0 saturated heterocycles. The van der Waals surface area contributed by atoms with E-state index >= 15 is 0 Å². The summed E-state index contributed by atoms with van der Waals surface area (Å²) in [5, 5.41) is 21.4. The van der Waals surface area contributed by atoms with Gasteiger partial charge in [0.05, 0.1) is 46.2 Å². The summed E-state index contributed by atoms with van der Waals surface area (Å²) < 4.78 is 63.3. The number of methoxy groups -OCH3 is 7. The van der Waals surface area contributed by atoms with E-state index in [9.17, 15) is 0 Å². The molecule has 0 unspecified atom stereocenters. The summed E-state index contributed by atoms with van der Waals surface area (Å²) in [6.07, 6.45) is 1.47. The normalized spacial score (nSPS) is 19.0. The maximum absolute atomic E-state index is 5.64. The monoisotopic (exact) mass is 1050 g/mol. The molecule has 20 nitrogen and oxygen atoms in total. The van der Waals surface area contributed by atoms with Crippen molar-refractivity contribution in [2.75, 3.05) is 148 Å². The first-order valence-corrected chi connectivity index (χ1v) is 32.4. The van der Waals surface area contributed by atoms with Crippen LogP contribution in [0.3, 0.4) is 0 Å². The fourth-order valence-electron chi connectivity index (χ4n) is 3.54. The van der Waals surface area contributed by atoms with Crippen molar-refractivity contribution in [1.29, 1.82) is 0 Å². The van der Waals surface area contributed by atoms with Crippen LogP contribution in [-0.4, -0.2) is 148 Å². The van der Waals surface area contributed by atoms with Crippen LogP contribution in [0.5, 0.6) is 0 Å². The van der Waals surface area contributed by atoms with Gasteiger partial charge in [-0.2, -0.15) is 27.1 Å². The van der Waals surface area contributed by atoms with Gasteiger partial charge in [-0.1, -0.05) is 0 Å². The second-order valence-corrected chi connectivity index (χ2v) is 32.5. The molecule has 0 amide bonds. The first-order chi connectivity index (χ1) is 26.0. The smallest absolute Gasteiger partial charge is 0.257 e. The van der Waals surface area contributed by atoms with E-state index < -0.39 is 40.3 Å². The second-order valence-electron chi connectivity index (χ2n) is 9.89. The van der Waals surface area contributed by atoms with E-state index in [0.717, 1.165) is 0 Å². The molecule has 0 aromatic rings.